The highest BCUT2D eigenvalue weighted by Crippen LogP contribution is 2.32. The molecule has 0 atom stereocenters. The number of furan rings is 1. The van der Waals surface area contributed by atoms with Gasteiger partial charge >= 0.3 is 5.97 Å². The van der Waals surface area contributed by atoms with E-state index in [0.29, 0.717) is 41.2 Å². The summed E-state index contributed by atoms with van der Waals surface area (Å²) in [7, 11) is -3.82. The zero-order chi connectivity index (χ0) is 25.3. The van der Waals surface area contributed by atoms with Crippen molar-refractivity contribution in [2.24, 2.45) is 5.10 Å². The molecule has 1 aliphatic carbocycles. The number of hydrogen-bond donors (Lipinski definition) is 1. The number of carbonyl (C=O) groups excluding carboxylic acids is 1. The number of fused-ring (bicyclic) bond motifs is 1. The zero-order valence-corrected chi connectivity index (χ0v) is 21.5. The molecular formula is C27H30N2O5S. The molecule has 0 bridgehead atoms. The highest BCUT2D eigenvalue weighted by Gasteiger charge is 2.30. The van der Waals surface area contributed by atoms with E-state index in [-0.39, 0.29) is 16.6 Å². The van der Waals surface area contributed by atoms with Gasteiger partial charge < -0.3 is 9.15 Å². The summed E-state index contributed by atoms with van der Waals surface area (Å²) in [4.78, 5) is 15.6. The van der Waals surface area contributed by atoms with E-state index in [1.807, 2.05) is 45.9 Å². The van der Waals surface area contributed by atoms with Crippen LogP contribution in [0.5, 0.6) is 5.75 Å². The number of nitrogens with zero attached hydrogens (tertiary/aromatic N) is 1. The lowest BCUT2D eigenvalue weighted by atomic mass is 9.93. The maximum atomic E-state index is 13.1. The van der Waals surface area contributed by atoms with Crippen LogP contribution in [0.2, 0.25) is 0 Å². The minimum atomic E-state index is -3.82. The van der Waals surface area contributed by atoms with E-state index in [1.54, 1.807) is 19.1 Å². The van der Waals surface area contributed by atoms with Crippen LogP contribution in [0.1, 0.15) is 76.7 Å². The fraction of sp³-hybridized carbons (Fsp3) is 0.333. The number of hydrogen-bond acceptors (Lipinski definition) is 6. The van der Waals surface area contributed by atoms with Crippen molar-refractivity contribution in [1.29, 1.82) is 0 Å². The maximum Gasteiger partial charge on any atom is 0.379 e. The van der Waals surface area contributed by atoms with Crippen molar-refractivity contribution >= 4 is 21.7 Å². The largest absolute Gasteiger partial charge is 0.453 e. The number of carbonyl (C=O) groups is 1. The molecule has 0 fully saturated rings. The molecule has 0 spiro atoms. The molecule has 1 aromatic heterocycles. The summed E-state index contributed by atoms with van der Waals surface area (Å²) >= 11 is 0. The second-order valence-corrected chi connectivity index (χ2v) is 10.9. The lowest BCUT2D eigenvalue weighted by molar-refractivity contribution is 0.0696. The van der Waals surface area contributed by atoms with Gasteiger partial charge in [-0.3, -0.25) is 0 Å². The molecule has 4 rings (SSSR count). The van der Waals surface area contributed by atoms with E-state index < -0.39 is 16.0 Å². The van der Waals surface area contributed by atoms with Gasteiger partial charge in [-0.25, -0.2) is 4.79 Å². The number of sulfonamides is 1. The molecule has 184 valence electrons. The van der Waals surface area contributed by atoms with Gasteiger partial charge in [0, 0.05) is 17.5 Å². The van der Waals surface area contributed by atoms with Gasteiger partial charge in [-0.2, -0.15) is 18.4 Å². The van der Waals surface area contributed by atoms with Crippen LogP contribution in [0.3, 0.4) is 0 Å². The third kappa shape index (κ3) is 5.17. The van der Waals surface area contributed by atoms with Gasteiger partial charge in [0.2, 0.25) is 5.76 Å². The number of nitrogens with one attached hydrogen (secondary N) is 1. The lowest BCUT2D eigenvalue weighted by Gasteiger charge is -2.14. The highest BCUT2D eigenvalue weighted by molar-refractivity contribution is 7.89. The van der Waals surface area contributed by atoms with Gasteiger partial charge in [0.1, 0.15) is 11.5 Å². The molecule has 3 aromatic rings. The van der Waals surface area contributed by atoms with Gasteiger partial charge in [0.25, 0.3) is 10.0 Å². The second-order valence-electron chi connectivity index (χ2n) is 9.26. The SMILES string of the molecule is Cc1ccc(S(=O)(=O)N/N=C2\CCCc3oc(C(=O)Oc4cc(C)ccc4C(C)C)c(C)c32)cc1. The summed E-state index contributed by atoms with van der Waals surface area (Å²) in [5.74, 6) is 0.844. The minimum absolute atomic E-state index is 0.113. The van der Waals surface area contributed by atoms with Crippen LogP contribution in [0.4, 0.5) is 0 Å². The molecule has 0 aliphatic heterocycles. The Morgan fingerprint density at radius 3 is 2.40 bits per heavy atom. The van der Waals surface area contributed by atoms with E-state index in [2.05, 4.69) is 9.93 Å². The number of benzene rings is 2. The maximum absolute atomic E-state index is 13.1. The molecule has 1 aliphatic rings. The number of ether oxygens (including phenoxy) is 1. The first kappa shape index (κ1) is 24.7. The van der Waals surface area contributed by atoms with Gasteiger partial charge in [0.05, 0.1) is 10.6 Å². The lowest BCUT2D eigenvalue weighted by Crippen LogP contribution is -2.22. The number of hydrazone groups is 1. The van der Waals surface area contributed by atoms with E-state index in [0.717, 1.165) is 23.1 Å². The first-order valence-corrected chi connectivity index (χ1v) is 13.2. The Balaban J connectivity index is 1.62. The molecule has 0 saturated heterocycles. The van der Waals surface area contributed by atoms with Crippen molar-refractivity contribution in [3.63, 3.8) is 0 Å². The predicted octanol–water partition coefficient (Wildman–Crippen LogP) is 5.57. The molecular weight excluding hydrogens is 464 g/mol. The predicted molar refractivity (Wildman–Crippen MR) is 135 cm³/mol. The minimum Gasteiger partial charge on any atom is -0.453 e. The molecule has 0 radical (unpaired) electrons. The van der Waals surface area contributed by atoms with Crippen LogP contribution in [-0.2, 0) is 16.4 Å². The van der Waals surface area contributed by atoms with Crippen LogP contribution < -0.4 is 9.57 Å². The summed E-state index contributed by atoms with van der Waals surface area (Å²) in [5, 5.41) is 4.23. The Morgan fingerprint density at radius 1 is 1.03 bits per heavy atom. The molecule has 2 aromatic carbocycles. The average molecular weight is 495 g/mol. The first-order valence-electron chi connectivity index (χ1n) is 11.7. The van der Waals surface area contributed by atoms with Gasteiger partial charge in [-0.1, -0.05) is 43.7 Å². The van der Waals surface area contributed by atoms with Crippen molar-refractivity contribution < 1.29 is 22.4 Å². The fourth-order valence-electron chi connectivity index (χ4n) is 4.21. The Kier molecular flexibility index (Phi) is 6.85. The Hall–Kier alpha value is -3.39. The highest BCUT2D eigenvalue weighted by atomic mass is 32.2. The number of aryl methyl sites for hydroxylation is 3. The number of esters is 1. The third-order valence-corrected chi connectivity index (χ3v) is 7.36. The van der Waals surface area contributed by atoms with Crippen LogP contribution >= 0.6 is 0 Å². The molecule has 1 N–H and O–H groups in total. The third-order valence-electron chi connectivity index (χ3n) is 6.14. The summed E-state index contributed by atoms with van der Waals surface area (Å²) in [5.41, 5.74) is 4.70. The molecule has 0 unspecified atom stereocenters. The van der Waals surface area contributed by atoms with Crippen LogP contribution in [0.15, 0.2) is 56.9 Å². The van der Waals surface area contributed by atoms with Crippen molar-refractivity contribution in [2.45, 2.75) is 64.7 Å². The smallest absolute Gasteiger partial charge is 0.379 e. The van der Waals surface area contributed by atoms with Crippen LogP contribution in [0.25, 0.3) is 0 Å². The van der Waals surface area contributed by atoms with E-state index in [9.17, 15) is 13.2 Å². The molecule has 35 heavy (non-hydrogen) atoms. The normalized spacial score (nSPS) is 14.7. The van der Waals surface area contributed by atoms with Crippen LogP contribution in [0, 0.1) is 20.8 Å². The molecule has 1 heterocycles. The monoisotopic (exact) mass is 494 g/mol. The molecule has 0 saturated carbocycles. The molecule has 7 nitrogen and oxygen atoms in total. The Bertz CT molecular complexity index is 1400. The van der Waals surface area contributed by atoms with Crippen molar-refractivity contribution in [3.8, 4) is 5.75 Å². The van der Waals surface area contributed by atoms with Gasteiger partial charge in [0.15, 0.2) is 0 Å². The summed E-state index contributed by atoms with van der Waals surface area (Å²) in [6.07, 6.45) is 1.93. The molecule has 8 heteroatoms. The Morgan fingerprint density at radius 2 is 1.71 bits per heavy atom. The van der Waals surface area contributed by atoms with Crippen molar-refractivity contribution in [2.75, 3.05) is 0 Å². The number of rotatable bonds is 6. The average Bonchev–Trinajstić information content (AvgIpc) is 3.15. The quantitative estimate of drug-likeness (QED) is 0.275. The van der Waals surface area contributed by atoms with E-state index >= 15 is 0 Å². The second kappa shape index (κ2) is 9.70. The first-order chi connectivity index (χ1) is 16.6. The summed E-state index contributed by atoms with van der Waals surface area (Å²) < 4.78 is 37.1. The van der Waals surface area contributed by atoms with Gasteiger partial charge in [-0.15, -0.1) is 0 Å². The fourth-order valence-corrected chi connectivity index (χ4v) is 5.04. The topological polar surface area (TPSA) is 98.0 Å². The van der Waals surface area contributed by atoms with Gasteiger partial charge in [-0.05, 0) is 68.9 Å². The zero-order valence-electron chi connectivity index (χ0n) is 20.6. The van der Waals surface area contributed by atoms with Crippen molar-refractivity contribution in [1.82, 2.24) is 4.83 Å². The standard InChI is InChI=1S/C27H30N2O5S/c1-16(2)21-14-11-18(4)15-24(21)34-27(30)26-19(5)25-22(7-6-8-23(25)33-26)28-29-35(31,32)20-12-9-17(3)10-13-20/h9-16,29H,6-8H2,1-5H3/b28-22+. The summed E-state index contributed by atoms with van der Waals surface area (Å²) in [6, 6.07) is 12.3. The summed E-state index contributed by atoms with van der Waals surface area (Å²) in [6.45, 7) is 9.69. The molecule has 0 amide bonds. The van der Waals surface area contributed by atoms with E-state index in [1.165, 1.54) is 12.1 Å². The van der Waals surface area contributed by atoms with E-state index in [4.69, 9.17) is 9.15 Å². The van der Waals surface area contributed by atoms with Crippen molar-refractivity contribution in [3.05, 3.63) is 81.8 Å². The van der Waals surface area contributed by atoms with Crippen LogP contribution in [-0.4, -0.2) is 20.1 Å². The Labute approximate surface area is 206 Å².